The van der Waals surface area contributed by atoms with E-state index in [9.17, 15) is 22.4 Å². The Balaban J connectivity index is 3.33. The Morgan fingerprint density at radius 3 is 2.43 bits per heavy atom. The molecule has 0 spiro atoms. The highest BCUT2D eigenvalue weighted by Gasteiger charge is 2.28. The van der Waals surface area contributed by atoms with Crippen LogP contribution in [0.1, 0.15) is 17.3 Å². The van der Waals surface area contributed by atoms with Gasteiger partial charge in [0.25, 0.3) is 0 Å². The van der Waals surface area contributed by atoms with Crippen LogP contribution < -0.4 is 0 Å². The van der Waals surface area contributed by atoms with Crippen LogP contribution in [0.4, 0.5) is 4.39 Å². The lowest BCUT2D eigenvalue weighted by molar-refractivity contribution is -0.126. The van der Waals surface area contributed by atoms with Gasteiger partial charge in [0.15, 0.2) is 15.7 Å². The van der Waals surface area contributed by atoms with Gasteiger partial charge in [-0.2, -0.15) is 0 Å². The largest absolute Gasteiger partial charge is 0.478 e. The van der Waals surface area contributed by atoms with Crippen LogP contribution in [0.3, 0.4) is 0 Å². The molecule has 1 aromatic carbocycles. The van der Waals surface area contributed by atoms with Crippen LogP contribution in [0, 0.1) is 5.82 Å². The van der Waals surface area contributed by atoms with Crippen LogP contribution in [0.5, 0.6) is 0 Å². The number of amides is 1. The summed E-state index contributed by atoms with van der Waals surface area (Å²) < 4.78 is 38.1. The zero-order valence-electron chi connectivity index (χ0n) is 11.3. The SMILES string of the molecule is CCN(C)C(=O)CS(=O)(=O)c1cc(Cl)cc(C(=O)O)c1F. The van der Waals surface area contributed by atoms with E-state index < -0.39 is 43.7 Å². The summed E-state index contributed by atoms with van der Waals surface area (Å²) in [5.41, 5.74) is -0.864. The molecule has 1 amide bonds. The van der Waals surface area contributed by atoms with Crippen LogP contribution in [-0.4, -0.2) is 49.6 Å². The minimum absolute atomic E-state index is 0.247. The molecule has 21 heavy (non-hydrogen) atoms. The molecule has 0 saturated carbocycles. The zero-order chi connectivity index (χ0) is 16.4. The van der Waals surface area contributed by atoms with E-state index in [4.69, 9.17) is 16.7 Å². The van der Waals surface area contributed by atoms with E-state index in [-0.39, 0.29) is 11.6 Å². The highest BCUT2D eigenvalue weighted by atomic mass is 35.5. The van der Waals surface area contributed by atoms with E-state index >= 15 is 0 Å². The molecule has 0 aliphatic heterocycles. The first kappa shape index (κ1) is 17.4. The molecule has 0 aliphatic carbocycles. The summed E-state index contributed by atoms with van der Waals surface area (Å²) >= 11 is 5.61. The van der Waals surface area contributed by atoms with Gasteiger partial charge in [0.2, 0.25) is 5.91 Å². The van der Waals surface area contributed by atoms with Crippen LogP contribution in [-0.2, 0) is 14.6 Å². The Morgan fingerprint density at radius 1 is 1.38 bits per heavy atom. The second-order valence-corrected chi connectivity index (χ2v) is 6.63. The third-order valence-electron chi connectivity index (χ3n) is 2.78. The fourth-order valence-electron chi connectivity index (χ4n) is 1.47. The van der Waals surface area contributed by atoms with Crippen molar-refractivity contribution in [3.8, 4) is 0 Å². The van der Waals surface area contributed by atoms with Gasteiger partial charge in [-0.1, -0.05) is 11.6 Å². The number of nitrogens with zero attached hydrogens (tertiary/aromatic N) is 1. The summed E-state index contributed by atoms with van der Waals surface area (Å²) in [5, 5.41) is 8.57. The molecule has 0 atom stereocenters. The molecule has 9 heteroatoms. The summed E-state index contributed by atoms with van der Waals surface area (Å²) in [6.45, 7) is 1.93. The molecule has 0 fully saturated rings. The highest BCUT2D eigenvalue weighted by Crippen LogP contribution is 2.25. The van der Waals surface area contributed by atoms with Gasteiger partial charge in [0.05, 0.1) is 5.56 Å². The van der Waals surface area contributed by atoms with Gasteiger partial charge in [0, 0.05) is 18.6 Å². The Morgan fingerprint density at radius 2 is 1.95 bits per heavy atom. The average Bonchev–Trinajstić information content (AvgIpc) is 2.38. The van der Waals surface area contributed by atoms with Gasteiger partial charge in [0.1, 0.15) is 10.6 Å². The molecule has 0 aromatic heterocycles. The van der Waals surface area contributed by atoms with Crippen molar-refractivity contribution in [2.45, 2.75) is 11.8 Å². The quantitative estimate of drug-likeness (QED) is 0.877. The van der Waals surface area contributed by atoms with Crippen molar-refractivity contribution in [2.75, 3.05) is 19.3 Å². The topological polar surface area (TPSA) is 91.8 Å². The predicted molar refractivity (Wildman–Crippen MR) is 73.7 cm³/mol. The fourth-order valence-corrected chi connectivity index (χ4v) is 3.15. The van der Waals surface area contributed by atoms with Crippen molar-refractivity contribution in [3.63, 3.8) is 0 Å². The maximum Gasteiger partial charge on any atom is 0.338 e. The summed E-state index contributed by atoms with van der Waals surface area (Å²) in [6.07, 6.45) is 0. The first-order valence-corrected chi connectivity index (χ1v) is 7.82. The molecule has 0 heterocycles. The van der Waals surface area contributed by atoms with E-state index in [1.165, 1.54) is 7.05 Å². The molecule has 0 unspecified atom stereocenters. The smallest absolute Gasteiger partial charge is 0.338 e. The second-order valence-electron chi connectivity index (χ2n) is 4.24. The van der Waals surface area contributed by atoms with Crippen molar-refractivity contribution in [1.29, 1.82) is 0 Å². The normalized spacial score (nSPS) is 11.2. The van der Waals surface area contributed by atoms with E-state index in [0.29, 0.717) is 0 Å². The third-order valence-corrected chi connectivity index (χ3v) is 4.60. The number of carboxylic acid groups (broad SMARTS) is 1. The zero-order valence-corrected chi connectivity index (χ0v) is 12.8. The molecule has 1 rings (SSSR count). The Labute approximate surface area is 126 Å². The number of carboxylic acids is 1. The van der Waals surface area contributed by atoms with E-state index in [0.717, 1.165) is 17.0 Å². The van der Waals surface area contributed by atoms with Gasteiger partial charge in [-0.15, -0.1) is 0 Å². The maximum absolute atomic E-state index is 14.0. The number of benzene rings is 1. The Bertz CT molecular complexity index is 689. The van der Waals surface area contributed by atoms with Gasteiger partial charge < -0.3 is 10.0 Å². The van der Waals surface area contributed by atoms with E-state index in [2.05, 4.69) is 0 Å². The lowest BCUT2D eigenvalue weighted by atomic mass is 10.2. The fraction of sp³-hybridized carbons (Fsp3) is 0.333. The first-order valence-electron chi connectivity index (χ1n) is 5.79. The van der Waals surface area contributed by atoms with Gasteiger partial charge in [-0.3, -0.25) is 4.79 Å². The van der Waals surface area contributed by atoms with E-state index in [1.54, 1.807) is 6.92 Å². The number of carbonyl (C=O) groups is 2. The van der Waals surface area contributed by atoms with Crippen molar-refractivity contribution in [1.82, 2.24) is 4.90 Å². The minimum atomic E-state index is -4.34. The summed E-state index contributed by atoms with van der Waals surface area (Å²) in [4.78, 5) is 22.8. The summed E-state index contributed by atoms with van der Waals surface area (Å²) in [6, 6.07) is 1.59. The maximum atomic E-state index is 14.0. The van der Waals surface area contributed by atoms with Crippen molar-refractivity contribution in [3.05, 3.63) is 28.5 Å². The van der Waals surface area contributed by atoms with Gasteiger partial charge >= 0.3 is 5.97 Å². The van der Waals surface area contributed by atoms with E-state index in [1.807, 2.05) is 0 Å². The third kappa shape index (κ3) is 3.92. The van der Waals surface area contributed by atoms with Crippen LogP contribution in [0.25, 0.3) is 0 Å². The first-order chi connectivity index (χ1) is 9.60. The predicted octanol–water partition coefficient (Wildman–Crippen LogP) is 1.43. The van der Waals surface area contributed by atoms with Crippen molar-refractivity contribution < 1.29 is 27.5 Å². The molecular formula is C12H13ClFNO5S. The van der Waals surface area contributed by atoms with Crippen molar-refractivity contribution in [2.24, 2.45) is 0 Å². The molecule has 6 nitrogen and oxygen atoms in total. The molecular weight excluding hydrogens is 325 g/mol. The number of rotatable bonds is 5. The Kier molecular flexibility index (Phi) is 5.30. The van der Waals surface area contributed by atoms with Gasteiger partial charge in [-0.05, 0) is 19.1 Å². The lowest BCUT2D eigenvalue weighted by Crippen LogP contribution is -2.32. The van der Waals surface area contributed by atoms with Gasteiger partial charge in [-0.25, -0.2) is 17.6 Å². The number of halogens is 2. The number of aromatic carboxylic acids is 1. The standard InChI is InChI=1S/C12H13ClFNO5S/c1-3-15(2)10(16)6-21(19,20)9-5-7(13)4-8(11(9)14)12(17)18/h4-5H,3,6H2,1-2H3,(H,17,18). The second kappa shape index (κ2) is 6.40. The number of sulfone groups is 1. The summed E-state index contributed by atoms with van der Waals surface area (Å²) in [5.74, 6) is -4.77. The average molecular weight is 338 g/mol. The number of carbonyl (C=O) groups excluding carboxylic acids is 1. The highest BCUT2D eigenvalue weighted by molar-refractivity contribution is 7.92. The van der Waals surface area contributed by atoms with Crippen LogP contribution in [0.15, 0.2) is 17.0 Å². The Hall–Kier alpha value is -1.67. The molecule has 0 saturated heterocycles. The lowest BCUT2D eigenvalue weighted by Gasteiger charge is -2.15. The molecule has 0 radical (unpaired) electrons. The summed E-state index contributed by atoms with van der Waals surface area (Å²) in [7, 11) is -2.94. The number of hydrogen-bond donors (Lipinski definition) is 1. The van der Waals surface area contributed by atoms with Crippen LogP contribution in [0.2, 0.25) is 5.02 Å². The molecule has 116 valence electrons. The molecule has 1 aromatic rings. The molecule has 1 N–H and O–H groups in total. The van der Waals surface area contributed by atoms with Crippen LogP contribution >= 0.6 is 11.6 Å². The minimum Gasteiger partial charge on any atom is -0.478 e. The number of hydrogen-bond acceptors (Lipinski definition) is 4. The molecule has 0 aliphatic rings. The van der Waals surface area contributed by atoms with Crippen molar-refractivity contribution >= 4 is 33.3 Å². The monoisotopic (exact) mass is 337 g/mol. The molecule has 0 bridgehead atoms.